The minimum atomic E-state index is -0.798. The molecule has 0 aliphatic rings. The van der Waals surface area contributed by atoms with Crippen LogP contribution in [0.2, 0.25) is 0 Å². The van der Waals surface area contributed by atoms with Crippen molar-refractivity contribution in [2.24, 2.45) is 0 Å². The summed E-state index contributed by atoms with van der Waals surface area (Å²) in [5.74, 6) is -2.12. The molecule has 7 nitrogen and oxygen atoms in total. The summed E-state index contributed by atoms with van der Waals surface area (Å²) in [6, 6.07) is 11.3. The van der Waals surface area contributed by atoms with E-state index in [1.807, 2.05) is 0 Å². The van der Waals surface area contributed by atoms with E-state index in [4.69, 9.17) is 4.74 Å². The van der Waals surface area contributed by atoms with E-state index >= 15 is 0 Å². The molecule has 0 spiro atoms. The van der Waals surface area contributed by atoms with Crippen LogP contribution in [0.5, 0.6) is 0 Å². The molecule has 0 aliphatic carbocycles. The van der Waals surface area contributed by atoms with Gasteiger partial charge in [-0.05, 0) is 12.1 Å². The van der Waals surface area contributed by atoms with Gasteiger partial charge in [0.2, 0.25) is 0 Å². The predicted octanol–water partition coefficient (Wildman–Crippen LogP) is 2.46. The van der Waals surface area contributed by atoms with E-state index < -0.39 is 29.2 Å². The molecule has 0 aromatic heterocycles. The SMILES string of the molecule is O=C(COC(=O)Cc1ccccc1[N+](=O)[O-])Nc1ccccc1F. The molecule has 1 amide bonds. The number of rotatable bonds is 6. The van der Waals surface area contributed by atoms with Crippen molar-refractivity contribution in [1.82, 2.24) is 0 Å². The molecule has 0 heterocycles. The van der Waals surface area contributed by atoms with Crippen LogP contribution in [0, 0.1) is 15.9 Å². The Labute approximate surface area is 136 Å². The summed E-state index contributed by atoms with van der Waals surface area (Å²) in [6.45, 7) is -0.617. The molecular weight excluding hydrogens is 319 g/mol. The summed E-state index contributed by atoms with van der Waals surface area (Å²) in [5, 5.41) is 13.1. The summed E-state index contributed by atoms with van der Waals surface area (Å²) in [4.78, 5) is 33.6. The third-order valence-corrected chi connectivity index (χ3v) is 3.04. The highest BCUT2D eigenvalue weighted by Crippen LogP contribution is 2.18. The van der Waals surface area contributed by atoms with Gasteiger partial charge in [0.05, 0.1) is 17.0 Å². The number of benzene rings is 2. The number of carbonyl (C=O) groups excluding carboxylic acids is 2. The van der Waals surface area contributed by atoms with Crippen LogP contribution >= 0.6 is 0 Å². The predicted molar refractivity (Wildman–Crippen MR) is 82.8 cm³/mol. The van der Waals surface area contributed by atoms with Gasteiger partial charge in [-0.25, -0.2) is 4.39 Å². The highest BCUT2D eigenvalue weighted by molar-refractivity contribution is 5.93. The Morgan fingerprint density at radius 1 is 1.12 bits per heavy atom. The second kappa shape index (κ2) is 7.82. The molecule has 2 aromatic carbocycles. The van der Waals surface area contributed by atoms with Gasteiger partial charge in [0.25, 0.3) is 11.6 Å². The lowest BCUT2D eigenvalue weighted by molar-refractivity contribution is -0.385. The molecule has 8 heteroatoms. The number of anilines is 1. The van der Waals surface area contributed by atoms with E-state index in [1.54, 1.807) is 12.1 Å². The van der Waals surface area contributed by atoms with Gasteiger partial charge in [0.15, 0.2) is 6.61 Å². The van der Waals surface area contributed by atoms with Crippen LogP contribution in [-0.2, 0) is 20.7 Å². The van der Waals surface area contributed by atoms with E-state index in [0.717, 1.165) is 0 Å². The van der Waals surface area contributed by atoms with Crippen molar-refractivity contribution in [3.63, 3.8) is 0 Å². The molecule has 124 valence electrons. The monoisotopic (exact) mass is 332 g/mol. The number of nitro benzene ring substituents is 1. The third-order valence-electron chi connectivity index (χ3n) is 3.04. The van der Waals surface area contributed by atoms with Crippen molar-refractivity contribution in [1.29, 1.82) is 0 Å². The fraction of sp³-hybridized carbons (Fsp3) is 0.125. The van der Waals surface area contributed by atoms with Gasteiger partial charge in [0.1, 0.15) is 5.82 Å². The Morgan fingerprint density at radius 2 is 1.79 bits per heavy atom. The van der Waals surface area contributed by atoms with Gasteiger partial charge in [-0.1, -0.05) is 30.3 Å². The van der Waals surface area contributed by atoms with Gasteiger partial charge in [-0.3, -0.25) is 19.7 Å². The summed E-state index contributed by atoms with van der Waals surface area (Å²) in [7, 11) is 0. The van der Waals surface area contributed by atoms with Crippen LogP contribution in [0.4, 0.5) is 15.8 Å². The average Bonchev–Trinajstić information content (AvgIpc) is 2.55. The molecule has 0 aliphatic heterocycles. The molecule has 1 N–H and O–H groups in total. The van der Waals surface area contributed by atoms with Crippen LogP contribution in [0.3, 0.4) is 0 Å². The Kier molecular flexibility index (Phi) is 5.56. The lowest BCUT2D eigenvalue weighted by Gasteiger charge is -2.07. The maximum atomic E-state index is 13.4. The highest BCUT2D eigenvalue weighted by atomic mass is 19.1. The molecule has 0 radical (unpaired) electrons. The number of esters is 1. The van der Waals surface area contributed by atoms with Gasteiger partial charge >= 0.3 is 5.97 Å². The molecular formula is C16H13FN2O5. The smallest absolute Gasteiger partial charge is 0.311 e. The second-order valence-corrected chi connectivity index (χ2v) is 4.75. The molecule has 0 fully saturated rings. The molecule has 2 aromatic rings. The topological polar surface area (TPSA) is 98.5 Å². The van der Waals surface area contributed by atoms with Gasteiger partial charge in [-0.2, -0.15) is 0 Å². The van der Waals surface area contributed by atoms with E-state index in [-0.39, 0.29) is 23.4 Å². The second-order valence-electron chi connectivity index (χ2n) is 4.75. The molecule has 2 rings (SSSR count). The molecule has 0 saturated heterocycles. The molecule has 24 heavy (non-hydrogen) atoms. The Bertz CT molecular complexity index is 779. The number of amides is 1. The lowest BCUT2D eigenvalue weighted by atomic mass is 10.1. The largest absolute Gasteiger partial charge is 0.455 e. The maximum Gasteiger partial charge on any atom is 0.311 e. The average molecular weight is 332 g/mol. The van der Waals surface area contributed by atoms with Crippen molar-refractivity contribution in [2.45, 2.75) is 6.42 Å². The lowest BCUT2D eigenvalue weighted by Crippen LogP contribution is -2.22. The number of para-hydroxylation sites is 2. The van der Waals surface area contributed by atoms with E-state index in [0.29, 0.717) is 0 Å². The Balaban J connectivity index is 1.89. The summed E-state index contributed by atoms with van der Waals surface area (Å²) < 4.78 is 18.1. The minimum Gasteiger partial charge on any atom is -0.455 e. The van der Waals surface area contributed by atoms with Crippen LogP contribution in [-0.4, -0.2) is 23.4 Å². The Morgan fingerprint density at radius 3 is 2.50 bits per heavy atom. The number of halogens is 1. The molecule has 0 saturated carbocycles. The molecule has 0 unspecified atom stereocenters. The first-order valence-corrected chi connectivity index (χ1v) is 6.89. The highest BCUT2D eigenvalue weighted by Gasteiger charge is 2.17. The van der Waals surface area contributed by atoms with Crippen LogP contribution < -0.4 is 5.32 Å². The Hall–Kier alpha value is -3.29. The van der Waals surface area contributed by atoms with Crippen molar-refractivity contribution < 1.29 is 23.6 Å². The maximum absolute atomic E-state index is 13.4. The van der Waals surface area contributed by atoms with Crippen molar-refractivity contribution in [3.8, 4) is 0 Å². The number of nitrogens with one attached hydrogen (secondary N) is 1. The zero-order valence-electron chi connectivity index (χ0n) is 12.4. The van der Waals surface area contributed by atoms with Gasteiger partial charge < -0.3 is 10.1 Å². The number of hydrogen-bond acceptors (Lipinski definition) is 5. The third kappa shape index (κ3) is 4.60. The van der Waals surface area contributed by atoms with Crippen LogP contribution in [0.25, 0.3) is 0 Å². The zero-order chi connectivity index (χ0) is 17.5. The quantitative estimate of drug-likeness (QED) is 0.498. The van der Waals surface area contributed by atoms with Crippen LogP contribution in [0.1, 0.15) is 5.56 Å². The van der Waals surface area contributed by atoms with Crippen molar-refractivity contribution in [2.75, 3.05) is 11.9 Å². The van der Waals surface area contributed by atoms with Crippen LogP contribution in [0.15, 0.2) is 48.5 Å². The van der Waals surface area contributed by atoms with Gasteiger partial charge in [0, 0.05) is 11.6 Å². The standard InChI is InChI=1S/C16H13FN2O5/c17-12-6-2-3-7-13(12)18-15(20)10-24-16(21)9-11-5-1-4-8-14(11)19(22)23/h1-8H,9-10H2,(H,18,20). The minimum absolute atomic E-state index is 0.0303. The zero-order valence-corrected chi connectivity index (χ0v) is 12.4. The molecule has 0 bridgehead atoms. The van der Waals surface area contributed by atoms with E-state index in [2.05, 4.69) is 5.32 Å². The molecule has 0 atom stereocenters. The van der Waals surface area contributed by atoms with Gasteiger partial charge in [-0.15, -0.1) is 0 Å². The number of nitro groups is 1. The first kappa shape index (κ1) is 17.1. The first-order chi connectivity index (χ1) is 11.5. The number of nitrogens with zero attached hydrogens (tertiary/aromatic N) is 1. The normalized spacial score (nSPS) is 10.0. The first-order valence-electron chi connectivity index (χ1n) is 6.89. The van der Waals surface area contributed by atoms with E-state index in [9.17, 15) is 24.1 Å². The number of ether oxygens (including phenoxy) is 1. The number of hydrogen-bond donors (Lipinski definition) is 1. The fourth-order valence-corrected chi connectivity index (χ4v) is 1.94. The van der Waals surface area contributed by atoms with E-state index in [1.165, 1.54) is 36.4 Å². The summed E-state index contributed by atoms with van der Waals surface area (Å²) in [6.07, 6.45) is -0.343. The van der Waals surface area contributed by atoms with Crippen molar-refractivity contribution in [3.05, 3.63) is 70.0 Å². The summed E-state index contributed by atoms with van der Waals surface area (Å²) >= 11 is 0. The van der Waals surface area contributed by atoms with Crippen molar-refractivity contribution >= 4 is 23.3 Å². The number of carbonyl (C=O) groups is 2. The fourth-order valence-electron chi connectivity index (χ4n) is 1.94. The summed E-state index contributed by atoms with van der Waals surface area (Å²) in [5.41, 5.74) is -0.0514.